The number of rotatable bonds is 3. The van der Waals surface area contributed by atoms with Gasteiger partial charge in [0, 0.05) is 11.1 Å². The van der Waals surface area contributed by atoms with Crippen molar-refractivity contribution in [2.45, 2.75) is 6.92 Å². The number of nitrogens with one attached hydrogen (secondary N) is 2. The highest BCUT2D eigenvalue weighted by atomic mass is 14.5. The maximum absolute atomic E-state index is 8.02. The summed E-state index contributed by atoms with van der Waals surface area (Å²) in [5.41, 5.74) is 3.24. The zero-order valence-electron chi connectivity index (χ0n) is 9.70. The molecule has 2 rings (SSSR count). The van der Waals surface area contributed by atoms with E-state index in [-0.39, 0.29) is 11.4 Å². The van der Waals surface area contributed by atoms with Gasteiger partial charge >= 0.3 is 0 Å². The van der Waals surface area contributed by atoms with Gasteiger partial charge in [0.25, 0.3) is 0 Å². The van der Waals surface area contributed by atoms with Crippen molar-refractivity contribution in [3.8, 4) is 0 Å². The Kier molecular flexibility index (Phi) is 3.15. The highest BCUT2D eigenvalue weighted by Crippen LogP contribution is 2.09. The molecule has 17 heavy (non-hydrogen) atoms. The third kappa shape index (κ3) is 2.48. The first-order valence-electron chi connectivity index (χ1n) is 5.48. The van der Waals surface area contributed by atoms with Crippen LogP contribution in [0.25, 0.3) is 0 Å². The molecule has 0 spiro atoms. The van der Waals surface area contributed by atoms with Crippen molar-refractivity contribution < 1.29 is 0 Å². The molecular formula is C15H14N2. The Morgan fingerprint density at radius 2 is 1.18 bits per heavy atom. The van der Waals surface area contributed by atoms with Gasteiger partial charge in [-0.2, -0.15) is 0 Å². The zero-order valence-corrected chi connectivity index (χ0v) is 9.70. The molecule has 0 heterocycles. The SMILES string of the molecule is Cc1ccc(C(=N)C(=N)c2ccccc2)cc1. The summed E-state index contributed by atoms with van der Waals surface area (Å²) in [4.78, 5) is 0. The van der Waals surface area contributed by atoms with Crippen LogP contribution in [-0.4, -0.2) is 11.4 Å². The van der Waals surface area contributed by atoms with Gasteiger partial charge in [0.1, 0.15) is 0 Å². The van der Waals surface area contributed by atoms with Gasteiger partial charge in [-0.05, 0) is 6.92 Å². The average molecular weight is 222 g/mol. The van der Waals surface area contributed by atoms with E-state index in [9.17, 15) is 0 Å². The second-order valence-corrected chi connectivity index (χ2v) is 3.98. The number of hydrogen-bond donors (Lipinski definition) is 2. The standard InChI is InChI=1S/C15H14N2/c1-11-7-9-13(10-8-11)15(17)14(16)12-5-3-2-4-6-12/h2-10,16-17H,1H3. The van der Waals surface area contributed by atoms with E-state index in [0.29, 0.717) is 0 Å². The van der Waals surface area contributed by atoms with E-state index in [1.54, 1.807) is 0 Å². The summed E-state index contributed by atoms with van der Waals surface area (Å²) in [6.45, 7) is 2.01. The van der Waals surface area contributed by atoms with Crippen LogP contribution in [0.15, 0.2) is 54.6 Å². The summed E-state index contributed by atoms with van der Waals surface area (Å²) in [5.74, 6) is 0. The summed E-state index contributed by atoms with van der Waals surface area (Å²) in [5, 5.41) is 16.0. The fraction of sp³-hybridized carbons (Fsp3) is 0.0667. The maximum atomic E-state index is 8.02. The molecule has 0 atom stereocenters. The molecule has 0 bridgehead atoms. The lowest BCUT2D eigenvalue weighted by Crippen LogP contribution is -2.14. The maximum Gasteiger partial charge on any atom is 0.0867 e. The minimum absolute atomic E-state index is 0.259. The molecule has 0 fully saturated rings. The smallest absolute Gasteiger partial charge is 0.0867 e. The van der Waals surface area contributed by atoms with Crippen LogP contribution in [0.4, 0.5) is 0 Å². The van der Waals surface area contributed by atoms with Crippen LogP contribution in [0.2, 0.25) is 0 Å². The molecule has 0 aliphatic rings. The molecule has 0 radical (unpaired) electrons. The summed E-state index contributed by atoms with van der Waals surface area (Å²) in [6, 6.07) is 17.1. The van der Waals surface area contributed by atoms with Gasteiger partial charge in [-0.3, -0.25) is 10.8 Å². The highest BCUT2D eigenvalue weighted by molar-refractivity contribution is 6.51. The second kappa shape index (κ2) is 4.74. The van der Waals surface area contributed by atoms with Crippen molar-refractivity contribution in [3.05, 3.63) is 71.3 Å². The lowest BCUT2D eigenvalue weighted by atomic mass is 9.99. The molecule has 0 aliphatic carbocycles. The average Bonchev–Trinajstić information content (AvgIpc) is 2.39. The van der Waals surface area contributed by atoms with Crippen molar-refractivity contribution in [2.24, 2.45) is 0 Å². The van der Waals surface area contributed by atoms with Gasteiger partial charge in [-0.15, -0.1) is 0 Å². The first-order chi connectivity index (χ1) is 8.18. The third-order valence-electron chi connectivity index (χ3n) is 2.65. The molecule has 2 aromatic carbocycles. The van der Waals surface area contributed by atoms with Crippen LogP contribution >= 0.6 is 0 Å². The Balaban J connectivity index is 2.27. The Morgan fingerprint density at radius 1 is 0.706 bits per heavy atom. The third-order valence-corrected chi connectivity index (χ3v) is 2.65. The van der Waals surface area contributed by atoms with E-state index in [4.69, 9.17) is 10.8 Å². The van der Waals surface area contributed by atoms with Gasteiger partial charge in [0.05, 0.1) is 11.4 Å². The van der Waals surface area contributed by atoms with Crippen molar-refractivity contribution in [1.82, 2.24) is 0 Å². The quantitative estimate of drug-likeness (QED) is 0.747. The van der Waals surface area contributed by atoms with Crippen LogP contribution in [-0.2, 0) is 0 Å². The van der Waals surface area contributed by atoms with Crippen LogP contribution in [0.3, 0.4) is 0 Å². The number of aryl methyl sites for hydroxylation is 1. The van der Waals surface area contributed by atoms with Gasteiger partial charge in [-0.1, -0.05) is 60.2 Å². The number of hydrogen-bond acceptors (Lipinski definition) is 2. The topological polar surface area (TPSA) is 47.7 Å². The zero-order chi connectivity index (χ0) is 12.3. The predicted octanol–water partition coefficient (Wildman–Crippen LogP) is 3.43. The fourth-order valence-electron chi connectivity index (χ4n) is 1.61. The summed E-state index contributed by atoms with van der Waals surface area (Å²) in [7, 11) is 0. The van der Waals surface area contributed by atoms with Gasteiger partial charge in [0.15, 0.2) is 0 Å². The van der Waals surface area contributed by atoms with Crippen molar-refractivity contribution >= 4 is 11.4 Å². The molecule has 2 N–H and O–H groups in total. The molecule has 0 aromatic heterocycles. The molecule has 2 heteroatoms. The second-order valence-electron chi connectivity index (χ2n) is 3.98. The van der Waals surface area contributed by atoms with Gasteiger partial charge < -0.3 is 0 Å². The van der Waals surface area contributed by atoms with Crippen LogP contribution in [0, 0.1) is 17.7 Å². The predicted molar refractivity (Wildman–Crippen MR) is 71.3 cm³/mol. The minimum atomic E-state index is 0.259. The summed E-state index contributed by atoms with van der Waals surface area (Å²) >= 11 is 0. The first kappa shape index (κ1) is 11.3. The molecular weight excluding hydrogens is 208 g/mol. The Hall–Kier alpha value is -2.22. The van der Waals surface area contributed by atoms with E-state index < -0.39 is 0 Å². The molecule has 2 aromatic rings. The number of benzene rings is 2. The van der Waals surface area contributed by atoms with E-state index in [0.717, 1.165) is 16.7 Å². The van der Waals surface area contributed by atoms with E-state index >= 15 is 0 Å². The summed E-state index contributed by atoms with van der Waals surface area (Å²) in [6.07, 6.45) is 0. The monoisotopic (exact) mass is 222 g/mol. The van der Waals surface area contributed by atoms with Crippen LogP contribution in [0.5, 0.6) is 0 Å². The molecule has 0 aliphatic heterocycles. The van der Waals surface area contributed by atoms with Crippen molar-refractivity contribution in [2.75, 3.05) is 0 Å². The van der Waals surface area contributed by atoms with E-state index in [2.05, 4.69) is 0 Å². The van der Waals surface area contributed by atoms with E-state index in [1.165, 1.54) is 0 Å². The van der Waals surface area contributed by atoms with Gasteiger partial charge in [0.2, 0.25) is 0 Å². The van der Waals surface area contributed by atoms with E-state index in [1.807, 2.05) is 61.5 Å². The minimum Gasteiger partial charge on any atom is -0.298 e. The molecule has 0 saturated carbocycles. The molecule has 0 unspecified atom stereocenters. The largest absolute Gasteiger partial charge is 0.298 e. The Labute approximate surface area is 101 Å². The van der Waals surface area contributed by atoms with Crippen molar-refractivity contribution in [3.63, 3.8) is 0 Å². The lowest BCUT2D eigenvalue weighted by Gasteiger charge is -2.06. The fourth-order valence-corrected chi connectivity index (χ4v) is 1.61. The first-order valence-corrected chi connectivity index (χ1v) is 5.48. The van der Waals surface area contributed by atoms with Crippen LogP contribution in [0.1, 0.15) is 16.7 Å². The summed E-state index contributed by atoms with van der Waals surface area (Å²) < 4.78 is 0. The lowest BCUT2D eigenvalue weighted by molar-refractivity contribution is 1.42. The Bertz CT molecular complexity index is 539. The molecule has 0 saturated heterocycles. The Morgan fingerprint density at radius 3 is 1.71 bits per heavy atom. The molecule has 0 amide bonds. The van der Waals surface area contributed by atoms with Crippen molar-refractivity contribution in [1.29, 1.82) is 10.8 Å². The highest BCUT2D eigenvalue weighted by Gasteiger charge is 2.09. The van der Waals surface area contributed by atoms with Crippen LogP contribution < -0.4 is 0 Å². The molecule has 2 nitrogen and oxygen atoms in total. The van der Waals surface area contributed by atoms with Gasteiger partial charge in [-0.25, -0.2) is 0 Å². The normalized spacial score (nSPS) is 9.94. The molecule has 84 valence electrons.